The summed E-state index contributed by atoms with van der Waals surface area (Å²) in [6.07, 6.45) is 1.01. The predicted molar refractivity (Wildman–Crippen MR) is 148 cm³/mol. The third-order valence-electron chi connectivity index (χ3n) is 5.64. The van der Waals surface area contributed by atoms with Gasteiger partial charge in [-0.05, 0) is 66.9 Å². The van der Waals surface area contributed by atoms with E-state index in [0.29, 0.717) is 16.4 Å². The first kappa shape index (κ1) is 26.5. The van der Waals surface area contributed by atoms with Crippen LogP contribution in [-0.2, 0) is 24.8 Å². The van der Waals surface area contributed by atoms with Gasteiger partial charge in [-0.1, -0.05) is 48.0 Å². The first-order chi connectivity index (χ1) is 17.5. The summed E-state index contributed by atoms with van der Waals surface area (Å²) < 4.78 is 54.5. The van der Waals surface area contributed by atoms with Gasteiger partial charge >= 0.3 is 0 Å². The van der Waals surface area contributed by atoms with Crippen LogP contribution in [0.4, 0.5) is 17.1 Å². The van der Waals surface area contributed by atoms with Crippen LogP contribution >= 0.6 is 11.6 Å². The Morgan fingerprint density at radius 3 is 2.11 bits per heavy atom. The summed E-state index contributed by atoms with van der Waals surface area (Å²) in [6, 6.07) is 23.4. The highest BCUT2D eigenvalue weighted by Gasteiger charge is 2.29. The molecule has 0 heterocycles. The molecule has 0 radical (unpaired) electrons. The Kier molecular flexibility index (Phi) is 7.44. The number of halogens is 1. The molecule has 37 heavy (non-hydrogen) atoms. The summed E-state index contributed by atoms with van der Waals surface area (Å²) in [4.78, 5) is 12.9. The van der Waals surface area contributed by atoms with Gasteiger partial charge in [0, 0.05) is 16.1 Å². The zero-order valence-electron chi connectivity index (χ0n) is 19.9. The van der Waals surface area contributed by atoms with E-state index in [2.05, 4.69) is 10.0 Å². The van der Waals surface area contributed by atoms with Gasteiger partial charge < -0.3 is 5.32 Å². The van der Waals surface area contributed by atoms with E-state index in [-0.39, 0.29) is 10.6 Å². The standard InChI is InChI=1S/C26H24ClN3O5S2/c1-18(30(36(2,32)33)22-14-10-20(27)11-15-22)26(31)28-21-12-16-23(17-13-21)37(34,35)29-25-9-5-7-19-6-3-4-8-24(19)25/h3-18,29H,1-2H3,(H,28,31)/t18-/m0/s1. The van der Waals surface area contributed by atoms with Crippen molar-refractivity contribution in [2.45, 2.75) is 17.9 Å². The second-order valence-electron chi connectivity index (χ2n) is 8.36. The summed E-state index contributed by atoms with van der Waals surface area (Å²) in [5, 5.41) is 4.74. The molecule has 0 aliphatic heterocycles. The van der Waals surface area contributed by atoms with Gasteiger partial charge in [0.15, 0.2) is 0 Å². The quantitative estimate of drug-likeness (QED) is 0.313. The lowest BCUT2D eigenvalue weighted by Gasteiger charge is -2.28. The fourth-order valence-corrected chi connectivity index (χ4v) is 6.26. The Balaban J connectivity index is 1.51. The van der Waals surface area contributed by atoms with Crippen molar-refractivity contribution in [3.63, 3.8) is 0 Å². The number of nitrogens with one attached hydrogen (secondary N) is 2. The Hall–Kier alpha value is -3.60. The maximum atomic E-state index is 13.0. The minimum atomic E-state index is -3.90. The first-order valence-corrected chi connectivity index (χ1v) is 14.8. The smallest absolute Gasteiger partial charge is 0.261 e. The summed E-state index contributed by atoms with van der Waals surface area (Å²) >= 11 is 5.90. The Morgan fingerprint density at radius 2 is 1.46 bits per heavy atom. The minimum Gasteiger partial charge on any atom is -0.324 e. The summed E-state index contributed by atoms with van der Waals surface area (Å²) in [6.45, 7) is 1.46. The van der Waals surface area contributed by atoms with E-state index in [9.17, 15) is 21.6 Å². The molecule has 4 rings (SSSR count). The average molecular weight is 558 g/mol. The van der Waals surface area contributed by atoms with E-state index in [1.165, 1.54) is 55.5 Å². The number of rotatable bonds is 8. The monoisotopic (exact) mass is 557 g/mol. The maximum absolute atomic E-state index is 13.0. The number of hydrogen-bond donors (Lipinski definition) is 2. The van der Waals surface area contributed by atoms with Gasteiger partial charge in [0.25, 0.3) is 10.0 Å². The number of hydrogen-bond acceptors (Lipinski definition) is 5. The SMILES string of the molecule is C[C@@H](C(=O)Nc1ccc(S(=O)(=O)Nc2cccc3ccccc23)cc1)N(c1ccc(Cl)cc1)S(C)(=O)=O. The van der Waals surface area contributed by atoms with Crippen LogP contribution < -0.4 is 14.3 Å². The fraction of sp³-hybridized carbons (Fsp3) is 0.115. The van der Waals surface area contributed by atoms with E-state index in [4.69, 9.17) is 11.6 Å². The fourth-order valence-electron chi connectivity index (χ4n) is 3.88. The number of amides is 1. The highest BCUT2D eigenvalue weighted by Crippen LogP contribution is 2.27. The van der Waals surface area contributed by atoms with Crippen molar-refractivity contribution in [1.29, 1.82) is 0 Å². The van der Waals surface area contributed by atoms with Crippen LogP contribution in [0.1, 0.15) is 6.92 Å². The molecule has 2 N–H and O–H groups in total. The summed E-state index contributed by atoms with van der Waals surface area (Å²) in [7, 11) is -7.70. The lowest BCUT2D eigenvalue weighted by atomic mass is 10.1. The molecule has 0 aliphatic carbocycles. The number of sulfonamides is 2. The van der Waals surface area contributed by atoms with E-state index in [1.807, 2.05) is 30.3 Å². The number of carbonyl (C=O) groups is 1. The number of anilines is 3. The third-order valence-corrected chi connectivity index (χ3v) is 8.51. The highest BCUT2D eigenvalue weighted by atomic mass is 35.5. The molecule has 8 nitrogen and oxygen atoms in total. The van der Waals surface area contributed by atoms with Crippen LogP contribution in [-0.4, -0.2) is 35.0 Å². The normalized spacial score (nSPS) is 12.6. The van der Waals surface area contributed by atoms with Crippen molar-refractivity contribution < 1.29 is 21.6 Å². The Bertz CT molecular complexity index is 1650. The molecule has 0 fully saturated rings. The Morgan fingerprint density at radius 1 is 0.838 bits per heavy atom. The van der Waals surface area contributed by atoms with Crippen LogP contribution in [0.25, 0.3) is 10.8 Å². The van der Waals surface area contributed by atoms with Gasteiger partial charge in [0.05, 0.1) is 22.5 Å². The zero-order valence-corrected chi connectivity index (χ0v) is 22.3. The lowest BCUT2D eigenvalue weighted by molar-refractivity contribution is -0.116. The molecule has 0 unspecified atom stereocenters. The van der Waals surface area contributed by atoms with E-state index in [0.717, 1.165) is 21.3 Å². The topological polar surface area (TPSA) is 113 Å². The van der Waals surface area contributed by atoms with Crippen LogP contribution in [0.15, 0.2) is 95.9 Å². The van der Waals surface area contributed by atoms with Gasteiger partial charge in [-0.15, -0.1) is 0 Å². The van der Waals surface area contributed by atoms with Crippen molar-refractivity contribution in [2.24, 2.45) is 0 Å². The van der Waals surface area contributed by atoms with Gasteiger partial charge in [-0.3, -0.25) is 13.8 Å². The number of fused-ring (bicyclic) bond motifs is 1. The number of nitrogens with zero attached hydrogens (tertiary/aromatic N) is 1. The number of carbonyl (C=O) groups excluding carboxylic acids is 1. The van der Waals surface area contributed by atoms with Crippen molar-refractivity contribution in [1.82, 2.24) is 0 Å². The third kappa shape index (κ3) is 6.04. The molecule has 1 amide bonds. The van der Waals surface area contributed by atoms with Crippen LogP contribution in [0.5, 0.6) is 0 Å². The lowest BCUT2D eigenvalue weighted by Crippen LogP contribution is -2.45. The van der Waals surface area contributed by atoms with Crippen LogP contribution in [0.2, 0.25) is 5.02 Å². The van der Waals surface area contributed by atoms with E-state index >= 15 is 0 Å². The summed E-state index contributed by atoms with van der Waals surface area (Å²) in [5.41, 5.74) is 1.05. The van der Waals surface area contributed by atoms with Crippen molar-refractivity contribution >= 4 is 65.4 Å². The summed E-state index contributed by atoms with van der Waals surface area (Å²) in [5.74, 6) is -0.593. The predicted octanol–water partition coefficient (Wildman–Crippen LogP) is 5.09. The maximum Gasteiger partial charge on any atom is 0.261 e. The second-order valence-corrected chi connectivity index (χ2v) is 12.3. The van der Waals surface area contributed by atoms with Crippen LogP contribution in [0, 0.1) is 0 Å². The van der Waals surface area contributed by atoms with Gasteiger partial charge in [0.1, 0.15) is 6.04 Å². The molecule has 0 bridgehead atoms. The number of benzene rings is 4. The minimum absolute atomic E-state index is 0.00501. The molecule has 0 spiro atoms. The molecule has 0 saturated carbocycles. The highest BCUT2D eigenvalue weighted by molar-refractivity contribution is 7.92. The van der Waals surface area contributed by atoms with Gasteiger partial charge in [0.2, 0.25) is 15.9 Å². The largest absolute Gasteiger partial charge is 0.324 e. The second kappa shape index (κ2) is 10.4. The molecule has 192 valence electrons. The molecule has 4 aromatic carbocycles. The first-order valence-electron chi connectivity index (χ1n) is 11.1. The molecule has 1 atom stereocenters. The Labute approximate surface area is 221 Å². The molecular formula is C26H24ClN3O5S2. The molecule has 11 heteroatoms. The molecule has 0 aliphatic rings. The molecule has 4 aromatic rings. The van der Waals surface area contributed by atoms with E-state index in [1.54, 1.807) is 12.1 Å². The van der Waals surface area contributed by atoms with Gasteiger partial charge in [-0.25, -0.2) is 16.8 Å². The zero-order chi connectivity index (χ0) is 26.8. The van der Waals surface area contributed by atoms with Gasteiger partial charge in [-0.2, -0.15) is 0 Å². The van der Waals surface area contributed by atoms with E-state index < -0.39 is 32.0 Å². The van der Waals surface area contributed by atoms with Crippen molar-refractivity contribution in [2.75, 3.05) is 20.6 Å². The molecule has 0 aromatic heterocycles. The average Bonchev–Trinajstić information content (AvgIpc) is 2.85. The molecule has 0 saturated heterocycles. The van der Waals surface area contributed by atoms with Crippen molar-refractivity contribution in [3.8, 4) is 0 Å². The van der Waals surface area contributed by atoms with Crippen molar-refractivity contribution in [3.05, 3.63) is 96.0 Å². The molecular weight excluding hydrogens is 534 g/mol. The van der Waals surface area contributed by atoms with Crippen LogP contribution in [0.3, 0.4) is 0 Å².